The van der Waals surface area contributed by atoms with Crippen molar-refractivity contribution in [3.05, 3.63) is 64.7 Å². The van der Waals surface area contributed by atoms with Crippen molar-refractivity contribution in [3.63, 3.8) is 0 Å². The van der Waals surface area contributed by atoms with Gasteiger partial charge in [0.2, 0.25) is 0 Å². The molecule has 0 bridgehead atoms. The molecule has 2 aromatic rings. The summed E-state index contributed by atoms with van der Waals surface area (Å²) >= 11 is 5.93. The first-order valence-electron chi connectivity index (χ1n) is 7.26. The maximum Gasteiger partial charge on any atom is 0.0406 e. The van der Waals surface area contributed by atoms with E-state index in [9.17, 15) is 0 Å². The minimum absolute atomic E-state index is 0.283. The summed E-state index contributed by atoms with van der Waals surface area (Å²) in [6.45, 7) is 4.37. The SMILES string of the molecule is CC(N[C@@H](C)c1ccc(Cl)cc1)c1ccc(N(C)C)cc1. The largest absolute Gasteiger partial charge is 0.378 e. The highest BCUT2D eigenvalue weighted by Crippen LogP contribution is 2.22. The Hall–Kier alpha value is -1.51. The summed E-state index contributed by atoms with van der Waals surface area (Å²) in [5.74, 6) is 0. The van der Waals surface area contributed by atoms with Crippen LogP contribution < -0.4 is 10.2 Å². The van der Waals surface area contributed by atoms with E-state index in [0.717, 1.165) is 5.02 Å². The van der Waals surface area contributed by atoms with Gasteiger partial charge in [0.25, 0.3) is 0 Å². The first-order chi connectivity index (χ1) is 9.97. The van der Waals surface area contributed by atoms with Crippen molar-refractivity contribution in [2.75, 3.05) is 19.0 Å². The summed E-state index contributed by atoms with van der Waals surface area (Å²) in [6.07, 6.45) is 0. The van der Waals surface area contributed by atoms with Crippen LogP contribution in [-0.2, 0) is 0 Å². The molecule has 3 heteroatoms. The van der Waals surface area contributed by atoms with E-state index in [4.69, 9.17) is 11.6 Å². The second kappa shape index (κ2) is 6.97. The van der Waals surface area contributed by atoms with Crippen LogP contribution in [0.1, 0.15) is 37.1 Å². The van der Waals surface area contributed by atoms with Crippen LogP contribution in [0.3, 0.4) is 0 Å². The van der Waals surface area contributed by atoms with Gasteiger partial charge in [0.15, 0.2) is 0 Å². The van der Waals surface area contributed by atoms with Crippen LogP contribution in [0.5, 0.6) is 0 Å². The third-order valence-electron chi connectivity index (χ3n) is 3.78. The van der Waals surface area contributed by atoms with Gasteiger partial charge in [-0.25, -0.2) is 0 Å². The third kappa shape index (κ3) is 4.23. The van der Waals surface area contributed by atoms with E-state index < -0.39 is 0 Å². The number of anilines is 1. The van der Waals surface area contributed by atoms with E-state index in [1.54, 1.807) is 0 Å². The molecule has 0 spiro atoms. The minimum Gasteiger partial charge on any atom is -0.378 e. The second-order valence-electron chi connectivity index (χ2n) is 5.65. The number of nitrogens with one attached hydrogen (secondary N) is 1. The summed E-state index contributed by atoms with van der Waals surface area (Å²) < 4.78 is 0. The Morgan fingerprint density at radius 2 is 1.24 bits per heavy atom. The molecular weight excluding hydrogens is 280 g/mol. The van der Waals surface area contributed by atoms with E-state index in [0.29, 0.717) is 6.04 Å². The number of hydrogen-bond acceptors (Lipinski definition) is 2. The molecule has 0 saturated carbocycles. The highest BCUT2D eigenvalue weighted by molar-refractivity contribution is 6.30. The lowest BCUT2D eigenvalue weighted by Gasteiger charge is -2.21. The van der Waals surface area contributed by atoms with Gasteiger partial charge in [-0.2, -0.15) is 0 Å². The summed E-state index contributed by atoms with van der Waals surface area (Å²) in [5, 5.41) is 4.40. The highest BCUT2D eigenvalue weighted by atomic mass is 35.5. The molecule has 21 heavy (non-hydrogen) atoms. The molecule has 0 fully saturated rings. The molecular formula is C18H23ClN2. The van der Waals surface area contributed by atoms with Crippen molar-refractivity contribution in [1.29, 1.82) is 0 Å². The standard InChI is InChI=1S/C18H23ClN2/c1-13(15-5-9-17(19)10-6-15)20-14(2)16-7-11-18(12-8-16)21(3)4/h5-14,20H,1-4H3/t13-,14?/m0/s1. The van der Waals surface area contributed by atoms with Gasteiger partial charge in [-0.3, -0.25) is 0 Å². The maximum absolute atomic E-state index is 5.93. The normalized spacial score (nSPS) is 13.8. The van der Waals surface area contributed by atoms with Crippen molar-refractivity contribution in [2.24, 2.45) is 0 Å². The summed E-state index contributed by atoms with van der Waals surface area (Å²) in [6, 6.07) is 17.3. The Morgan fingerprint density at radius 1 is 0.810 bits per heavy atom. The number of hydrogen-bond donors (Lipinski definition) is 1. The van der Waals surface area contributed by atoms with E-state index in [2.05, 4.69) is 74.6 Å². The Labute approximate surface area is 132 Å². The fourth-order valence-electron chi connectivity index (χ4n) is 2.38. The molecule has 0 aliphatic carbocycles. The van der Waals surface area contributed by atoms with E-state index in [-0.39, 0.29) is 6.04 Å². The predicted molar refractivity (Wildman–Crippen MR) is 92.2 cm³/mol. The quantitative estimate of drug-likeness (QED) is 0.852. The Bertz CT molecular complexity index is 561. The van der Waals surface area contributed by atoms with E-state index in [1.807, 2.05) is 12.1 Å². The molecule has 2 atom stereocenters. The molecule has 1 unspecified atom stereocenters. The zero-order valence-electron chi connectivity index (χ0n) is 13.1. The lowest BCUT2D eigenvalue weighted by atomic mass is 10.0. The van der Waals surface area contributed by atoms with Gasteiger partial charge < -0.3 is 10.2 Å². The van der Waals surface area contributed by atoms with Gasteiger partial charge >= 0.3 is 0 Å². The van der Waals surface area contributed by atoms with Gasteiger partial charge in [0, 0.05) is 36.9 Å². The zero-order chi connectivity index (χ0) is 15.4. The van der Waals surface area contributed by atoms with Crippen LogP contribution in [0.2, 0.25) is 5.02 Å². The fraction of sp³-hybridized carbons (Fsp3) is 0.333. The van der Waals surface area contributed by atoms with Crippen LogP contribution in [0.4, 0.5) is 5.69 Å². The zero-order valence-corrected chi connectivity index (χ0v) is 13.9. The Morgan fingerprint density at radius 3 is 1.67 bits per heavy atom. The predicted octanol–water partition coefficient (Wildman–Crippen LogP) is 4.82. The van der Waals surface area contributed by atoms with Crippen molar-refractivity contribution < 1.29 is 0 Å². The first kappa shape index (κ1) is 15.9. The van der Waals surface area contributed by atoms with Gasteiger partial charge in [-0.05, 0) is 49.2 Å². The molecule has 2 aromatic carbocycles. The van der Waals surface area contributed by atoms with E-state index >= 15 is 0 Å². The van der Waals surface area contributed by atoms with Gasteiger partial charge in [0.1, 0.15) is 0 Å². The number of benzene rings is 2. The minimum atomic E-state index is 0.283. The summed E-state index contributed by atoms with van der Waals surface area (Å²) in [7, 11) is 4.11. The molecule has 2 rings (SSSR count). The van der Waals surface area contributed by atoms with Crippen LogP contribution in [0.25, 0.3) is 0 Å². The van der Waals surface area contributed by atoms with Gasteiger partial charge in [0.05, 0.1) is 0 Å². The lowest BCUT2D eigenvalue weighted by molar-refractivity contribution is 0.495. The number of halogens is 1. The van der Waals surface area contributed by atoms with E-state index in [1.165, 1.54) is 16.8 Å². The third-order valence-corrected chi connectivity index (χ3v) is 4.03. The molecule has 0 heterocycles. The molecule has 0 saturated heterocycles. The maximum atomic E-state index is 5.93. The second-order valence-corrected chi connectivity index (χ2v) is 6.08. The van der Waals surface area contributed by atoms with Crippen LogP contribution in [0.15, 0.2) is 48.5 Å². The lowest BCUT2D eigenvalue weighted by Crippen LogP contribution is -2.22. The molecule has 1 N–H and O–H groups in total. The van der Waals surface area contributed by atoms with Crippen LogP contribution >= 0.6 is 11.6 Å². The molecule has 0 aliphatic rings. The average Bonchev–Trinajstić information content (AvgIpc) is 2.47. The molecule has 0 radical (unpaired) electrons. The van der Waals surface area contributed by atoms with Gasteiger partial charge in [-0.15, -0.1) is 0 Å². The van der Waals surface area contributed by atoms with Gasteiger partial charge in [-0.1, -0.05) is 35.9 Å². The average molecular weight is 303 g/mol. The Balaban J connectivity index is 2.03. The summed E-state index contributed by atoms with van der Waals surface area (Å²) in [4.78, 5) is 2.11. The Kier molecular flexibility index (Phi) is 5.27. The smallest absolute Gasteiger partial charge is 0.0406 e. The first-order valence-corrected chi connectivity index (χ1v) is 7.64. The molecule has 112 valence electrons. The van der Waals surface area contributed by atoms with Crippen molar-refractivity contribution >= 4 is 17.3 Å². The molecule has 2 nitrogen and oxygen atoms in total. The van der Waals surface area contributed by atoms with Crippen LogP contribution in [-0.4, -0.2) is 14.1 Å². The number of nitrogens with zero attached hydrogens (tertiary/aromatic N) is 1. The fourth-order valence-corrected chi connectivity index (χ4v) is 2.51. The highest BCUT2D eigenvalue weighted by Gasteiger charge is 2.11. The molecule has 0 aromatic heterocycles. The number of rotatable bonds is 5. The summed E-state index contributed by atoms with van der Waals surface area (Å²) in [5.41, 5.74) is 3.76. The van der Waals surface area contributed by atoms with Crippen molar-refractivity contribution in [2.45, 2.75) is 25.9 Å². The molecule has 0 aliphatic heterocycles. The topological polar surface area (TPSA) is 15.3 Å². The molecule has 0 amide bonds. The van der Waals surface area contributed by atoms with Crippen molar-refractivity contribution in [1.82, 2.24) is 5.32 Å². The van der Waals surface area contributed by atoms with Crippen molar-refractivity contribution in [3.8, 4) is 0 Å². The van der Waals surface area contributed by atoms with Crippen LogP contribution in [0, 0.1) is 0 Å². The monoisotopic (exact) mass is 302 g/mol.